The number of hydrogen-bond acceptors (Lipinski definition) is 3. The molecule has 2 nitrogen and oxygen atoms in total. The molecule has 2 atom stereocenters. The molecular formula is C15H25FN2S. The van der Waals surface area contributed by atoms with Crippen molar-refractivity contribution in [2.75, 3.05) is 25.6 Å². The van der Waals surface area contributed by atoms with Gasteiger partial charge < -0.3 is 10.6 Å². The van der Waals surface area contributed by atoms with Gasteiger partial charge in [0, 0.05) is 23.4 Å². The number of rotatable bonds is 8. The van der Waals surface area contributed by atoms with Crippen LogP contribution in [-0.2, 0) is 0 Å². The normalized spacial score (nSPS) is 14.6. The van der Waals surface area contributed by atoms with Crippen molar-refractivity contribution in [3.63, 3.8) is 0 Å². The van der Waals surface area contributed by atoms with Gasteiger partial charge in [-0.05, 0) is 38.8 Å². The molecule has 4 heteroatoms. The second-order valence-corrected chi connectivity index (χ2v) is 5.83. The molecule has 0 heterocycles. The molecule has 0 aliphatic heterocycles. The minimum absolute atomic E-state index is 0.200. The number of hydrogen-bond donors (Lipinski definition) is 1. The lowest BCUT2D eigenvalue weighted by Gasteiger charge is -2.27. The molecule has 1 aromatic carbocycles. The van der Waals surface area contributed by atoms with E-state index in [1.54, 1.807) is 12.1 Å². The first-order valence-corrected chi connectivity index (χ1v) is 8.18. The van der Waals surface area contributed by atoms with E-state index in [0.29, 0.717) is 11.6 Å². The molecular weight excluding hydrogens is 259 g/mol. The Balaban J connectivity index is 2.50. The Hall–Kier alpha value is -0.580. The fourth-order valence-corrected chi connectivity index (χ4v) is 3.08. The van der Waals surface area contributed by atoms with Crippen molar-refractivity contribution in [1.82, 2.24) is 4.90 Å². The van der Waals surface area contributed by atoms with Gasteiger partial charge in [0.2, 0.25) is 0 Å². The van der Waals surface area contributed by atoms with Gasteiger partial charge >= 0.3 is 0 Å². The van der Waals surface area contributed by atoms with Crippen molar-refractivity contribution in [3.8, 4) is 0 Å². The van der Waals surface area contributed by atoms with Gasteiger partial charge in [-0.2, -0.15) is 11.8 Å². The lowest BCUT2D eigenvalue weighted by atomic mass is 10.0. The second kappa shape index (κ2) is 8.56. The first-order valence-electron chi connectivity index (χ1n) is 6.79. The van der Waals surface area contributed by atoms with Crippen LogP contribution in [0.2, 0.25) is 0 Å². The number of benzene rings is 1. The van der Waals surface area contributed by atoms with E-state index in [1.807, 2.05) is 17.8 Å². The Labute approximate surface area is 120 Å². The topological polar surface area (TPSA) is 29.3 Å². The average molecular weight is 284 g/mol. The molecule has 0 aromatic heterocycles. The zero-order valence-corrected chi connectivity index (χ0v) is 12.9. The van der Waals surface area contributed by atoms with Gasteiger partial charge in [0.1, 0.15) is 5.82 Å². The quantitative estimate of drug-likeness (QED) is 0.794. The molecule has 1 rings (SSSR count). The number of nitrogens with two attached hydrogens (primary N) is 1. The second-order valence-electron chi connectivity index (χ2n) is 4.91. The summed E-state index contributed by atoms with van der Waals surface area (Å²) >= 11 is 1.86. The minimum atomic E-state index is -0.226. The summed E-state index contributed by atoms with van der Waals surface area (Å²) in [6, 6.07) is 7.13. The minimum Gasteiger partial charge on any atom is -0.324 e. The standard InChI is InChI=1S/C15H25FN2S/c1-4-12(11-19-3)18(2)10-9-15(17)13-7-5-6-8-14(13)16/h5-8,12,15H,4,9-11,17H2,1-3H3. The van der Waals surface area contributed by atoms with Crippen molar-refractivity contribution >= 4 is 11.8 Å². The molecule has 2 unspecified atom stereocenters. The summed E-state index contributed by atoms with van der Waals surface area (Å²) in [5.41, 5.74) is 6.71. The summed E-state index contributed by atoms with van der Waals surface area (Å²) in [6.45, 7) is 3.10. The molecule has 108 valence electrons. The van der Waals surface area contributed by atoms with Gasteiger partial charge in [-0.3, -0.25) is 0 Å². The fraction of sp³-hybridized carbons (Fsp3) is 0.600. The van der Waals surface area contributed by atoms with E-state index in [1.165, 1.54) is 6.07 Å². The van der Waals surface area contributed by atoms with E-state index in [-0.39, 0.29) is 11.9 Å². The summed E-state index contributed by atoms with van der Waals surface area (Å²) in [4.78, 5) is 2.33. The van der Waals surface area contributed by atoms with Crippen LogP contribution in [0.5, 0.6) is 0 Å². The van der Waals surface area contributed by atoms with Gasteiger partial charge in [-0.15, -0.1) is 0 Å². The van der Waals surface area contributed by atoms with Crippen LogP contribution in [0, 0.1) is 5.82 Å². The molecule has 0 saturated carbocycles. The molecule has 19 heavy (non-hydrogen) atoms. The third-order valence-electron chi connectivity index (χ3n) is 3.55. The van der Waals surface area contributed by atoms with Gasteiger partial charge in [-0.25, -0.2) is 4.39 Å². The van der Waals surface area contributed by atoms with E-state index >= 15 is 0 Å². The third-order valence-corrected chi connectivity index (χ3v) is 4.27. The van der Waals surface area contributed by atoms with Crippen molar-refractivity contribution in [2.24, 2.45) is 5.73 Å². The predicted octanol–water partition coefficient (Wildman–Crippen LogP) is 3.29. The Morgan fingerprint density at radius 3 is 2.63 bits per heavy atom. The average Bonchev–Trinajstić information content (AvgIpc) is 2.42. The smallest absolute Gasteiger partial charge is 0.127 e. The molecule has 0 radical (unpaired) electrons. The van der Waals surface area contributed by atoms with Gasteiger partial charge in [0.15, 0.2) is 0 Å². The van der Waals surface area contributed by atoms with Crippen LogP contribution in [-0.4, -0.2) is 36.5 Å². The zero-order valence-electron chi connectivity index (χ0n) is 12.1. The van der Waals surface area contributed by atoms with Crippen LogP contribution in [0.1, 0.15) is 31.4 Å². The summed E-state index contributed by atoms with van der Waals surface area (Å²) in [7, 11) is 2.12. The molecule has 0 aliphatic carbocycles. The summed E-state index contributed by atoms with van der Waals surface area (Å²) in [6.07, 6.45) is 4.04. The maximum absolute atomic E-state index is 13.6. The highest BCUT2D eigenvalue weighted by Gasteiger charge is 2.15. The van der Waals surface area contributed by atoms with E-state index in [0.717, 1.165) is 25.1 Å². The van der Waals surface area contributed by atoms with Crippen LogP contribution in [0.3, 0.4) is 0 Å². The van der Waals surface area contributed by atoms with Gasteiger partial charge in [0.05, 0.1) is 0 Å². The van der Waals surface area contributed by atoms with E-state index in [4.69, 9.17) is 5.73 Å². The highest BCUT2D eigenvalue weighted by atomic mass is 32.2. The monoisotopic (exact) mass is 284 g/mol. The lowest BCUT2D eigenvalue weighted by Crippen LogP contribution is -2.35. The Morgan fingerprint density at radius 2 is 2.05 bits per heavy atom. The number of thioether (sulfide) groups is 1. The Morgan fingerprint density at radius 1 is 1.37 bits per heavy atom. The van der Waals surface area contributed by atoms with Gasteiger partial charge in [-0.1, -0.05) is 25.1 Å². The fourth-order valence-electron chi connectivity index (χ4n) is 2.21. The molecule has 0 saturated heterocycles. The van der Waals surface area contributed by atoms with Crippen LogP contribution < -0.4 is 5.73 Å². The zero-order chi connectivity index (χ0) is 14.3. The molecule has 2 N–H and O–H groups in total. The summed E-state index contributed by atoms with van der Waals surface area (Å²) < 4.78 is 13.6. The summed E-state index contributed by atoms with van der Waals surface area (Å²) in [5, 5.41) is 0. The van der Waals surface area contributed by atoms with Crippen LogP contribution in [0.25, 0.3) is 0 Å². The first-order chi connectivity index (χ1) is 9.10. The molecule has 0 fully saturated rings. The van der Waals surface area contributed by atoms with Crippen LogP contribution in [0.15, 0.2) is 24.3 Å². The lowest BCUT2D eigenvalue weighted by molar-refractivity contribution is 0.246. The Bertz CT molecular complexity index is 373. The van der Waals surface area contributed by atoms with E-state index < -0.39 is 0 Å². The first kappa shape index (κ1) is 16.5. The van der Waals surface area contributed by atoms with Crippen LogP contribution >= 0.6 is 11.8 Å². The van der Waals surface area contributed by atoms with E-state index in [9.17, 15) is 4.39 Å². The number of halogens is 1. The van der Waals surface area contributed by atoms with Crippen molar-refractivity contribution in [1.29, 1.82) is 0 Å². The van der Waals surface area contributed by atoms with Crippen molar-refractivity contribution in [3.05, 3.63) is 35.6 Å². The molecule has 0 aliphatic rings. The maximum atomic E-state index is 13.6. The Kier molecular flexibility index (Phi) is 7.42. The predicted molar refractivity (Wildman–Crippen MR) is 83.0 cm³/mol. The SMILES string of the molecule is CCC(CSC)N(C)CCC(N)c1ccccc1F. The van der Waals surface area contributed by atoms with Crippen LogP contribution in [0.4, 0.5) is 4.39 Å². The highest BCUT2D eigenvalue weighted by Crippen LogP contribution is 2.18. The van der Waals surface area contributed by atoms with Crippen molar-refractivity contribution in [2.45, 2.75) is 31.8 Å². The van der Waals surface area contributed by atoms with Crippen molar-refractivity contribution < 1.29 is 4.39 Å². The molecule has 1 aromatic rings. The van der Waals surface area contributed by atoms with Gasteiger partial charge in [0.25, 0.3) is 0 Å². The molecule has 0 bridgehead atoms. The number of nitrogens with zero attached hydrogens (tertiary/aromatic N) is 1. The van der Waals surface area contributed by atoms with E-state index in [2.05, 4.69) is 25.1 Å². The third kappa shape index (κ3) is 5.13. The summed E-state index contributed by atoms with van der Waals surface area (Å²) in [5.74, 6) is 0.927. The highest BCUT2D eigenvalue weighted by molar-refractivity contribution is 7.98. The molecule has 0 spiro atoms. The maximum Gasteiger partial charge on any atom is 0.127 e. The largest absolute Gasteiger partial charge is 0.324 e. The molecule has 0 amide bonds.